The normalized spacial score (nSPS) is 17.3. The number of nitrogens with zero attached hydrogens (tertiary/aromatic N) is 4. The van der Waals surface area contributed by atoms with Crippen molar-refractivity contribution in [3.63, 3.8) is 0 Å². The molecule has 1 saturated carbocycles. The summed E-state index contributed by atoms with van der Waals surface area (Å²) in [6, 6.07) is 3.33. The highest BCUT2D eigenvalue weighted by Gasteiger charge is 2.52. The molecule has 144 valence electrons. The predicted molar refractivity (Wildman–Crippen MR) is 96.1 cm³/mol. The first-order valence-corrected chi connectivity index (χ1v) is 9.03. The molecule has 27 heavy (non-hydrogen) atoms. The Bertz CT molecular complexity index is 871. The molecule has 0 radical (unpaired) electrons. The molecular formula is C18H19ClF2N4O2. The van der Waals surface area contributed by atoms with Crippen LogP contribution in [0.3, 0.4) is 0 Å². The lowest BCUT2D eigenvalue weighted by atomic mass is 10.0. The highest BCUT2D eigenvalue weighted by molar-refractivity contribution is 6.29. The maximum absolute atomic E-state index is 14.0. The van der Waals surface area contributed by atoms with Crippen LogP contribution in [0.5, 0.6) is 5.88 Å². The van der Waals surface area contributed by atoms with E-state index in [2.05, 4.69) is 15.0 Å². The standard InChI is InChI=1S/C18H19ClF2N4O2/c1-17(20,21)16-23-14(8-15(24-16)27-6-5-26-2)25-10-18(3-4-18)11-9-22-13(19)7-12(11)25/h7-9H,3-6,10H2,1-2H3. The molecule has 2 aromatic rings. The summed E-state index contributed by atoms with van der Waals surface area (Å²) in [6.45, 7) is 1.95. The molecule has 4 rings (SSSR count). The van der Waals surface area contributed by atoms with E-state index >= 15 is 0 Å². The van der Waals surface area contributed by atoms with Gasteiger partial charge in [-0.25, -0.2) is 9.97 Å². The van der Waals surface area contributed by atoms with E-state index in [9.17, 15) is 8.78 Å². The summed E-state index contributed by atoms with van der Waals surface area (Å²) in [4.78, 5) is 14.1. The number of anilines is 2. The number of pyridine rings is 1. The molecule has 1 spiro atoms. The summed E-state index contributed by atoms with van der Waals surface area (Å²) in [7, 11) is 1.54. The Morgan fingerprint density at radius 2 is 2.04 bits per heavy atom. The Labute approximate surface area is 160 Å². The zero-order valence-corrected chi connectivity index (χ0v) is 15.8. The van der Waals surface area contributed by atoms with Gasteiger partial charge in [0.2, 0.25) is 11.7 Å². The second-order valence-corrected chi connectivity index (χ2v) is 7.40. The van der Waals surface area contributed by atoms with Crippen LogP contribution in [0.25, 0.3) is 0 Å². The number of rotatable bonds is 6. The van der Waals surface area contributed by atoms with E-state index in [1.165, 1.54) is 7.11 Å². The summed E-state index contributed by atoms with van der Waals surface area (Å²) in [5, 5.41) is 0.350. The summed E-state index contributed by atoms with van der Waals surface area (Å²) in [5.74, 6) is -3.32. The molecule has 1 aliphatic carbocycles. The fraction of sp³-hybridized carbons (Fsp3) is 0.500. The van der Waals surface area contributed by atoms with Gasteiger partial charge in [0, 0.05) is 43.8 Å². The maximum Gasteiger partial charge on any atom is 0.304 e. The van der Waals surface area contributed by atoms with Gasteiger partial charge >= 0.3 is 5.92 Å². The fourth-order valence-electron chi connectivity index (χ4n) is 3.36. The number of halogens is 3. The molecule has 0 N–H and O–H groups in total. The quantitative estimate of drug-likeness (QED) is 0.546. The van der Waals surface area contributed by atoms with Gasteiger partial charge in [0.15, 0.2) is 0 Å². The number of ether oxygens (including phenoxy) is 2. The highest BCUT2D eigenvalue weighted by Crippen LogP contribution is 2.58. The number of methoxy groups -OCH3 is 1. The lowest BCUT2D eigenvalue weighted by Crippen LogP contribution is -2.23. The van der Waals surface area contributed by atoms with Gasteiger partial charge in [-0.2, -0.15) is 13.8 Å². The molecule has 3 heterocycles. The van der Waals surface area contributed by atoms with Crippen molar-refractivity contribution in [1.29, 1.82) is 0 Å². The van der Waals surface area contributed by atoms with Crippen molar-refractivity contribution in [2.45, 2.75) is 31.1 Å². The van der Waals surface area contributed by atoms with Crippen LogP contribution in [-0.2, 0) is 16.1 Å². The van der Waals surface area contributed by atoms with Gasteiger partial charge in [-0.05, 0) is 18.9 Å². The Balaban J connectivity index is 1.75. The van der Waals surface area contributed by atoms with Crippen LogP contribution in [0.2, 0.25) is 5.15 Å². The Kier molecular flexibility index (Phi) is 4.43. The molecule has 0 aromatic carbocycles. The Hall–Kier alpha value is -2.06. The van der Waals surface area contributed by atoms with E-state index in [-0.39, 0.29) is 17.9 Å². The topological polar surface area (TPSA) is 60.4 Å². The Morgan fingerprint density at radius 1 is 1.26 bits per heavy atom. The minimum Gasteiger partial charge on any atom is -0.475 e. The Morgan fingerprint density at radius 3 is 2.70 bits per heavy atom. The van der Waals surface area contributed by atoms with Crippen molar-refractivity contribution in [2.75, 3.05) is 31.8 Å². The molecule has 0 saturated heterocycles. The monoisotopic (exact) mass is 396 g/mol. The number of hydrogen-bond acceptors (Lipinski definition) is 6. The molecule has 6 nitrogen and oxygen atoms in total. The summed E-state index contributed by atoms with van der Waals surface area (Å²) < 4.78 is 38.3. The van der Waals surface area contributed by atoms with E-state index in [0.717, 1.165) is 31.0 Å². The largest absolute Gasteiger partial charge is 0.475 e. The van der Waals surface area contributed by atoms with Crippen LogP contribution in [0.4, 0.5) is 20.3 Å². The van der Waals surface area contributed by atoms with E-state index in [1.807, 2.05) is 4.90 Å². The number of alkyl halides is 2. The van der Waals surface area contributed by atoms with Gasteiger partial charge in [0.25, 0.3) is 0 Å². The van der Waals surface area contributed by atoms with Crippen molar-refractivity contribution in [1.82, 2.24) is 15.0 Å². The van der Waals surface area contributed by atoms with Crippen molar-refractivity contribution >= 4 is 23.1 Å². The van der Waals surface area contributed by atoms with E-state index < -0.39 is 11.7 Å². The van der Waals surface area contributed by atoms with Gasteiger partial charge in [0.05, 0.1) is 12.3 Å². The first-order valence-electron chi connectivity index (χ1n) is 8.65. The average Bonchev–Trinajstić information content (AvgIpc) is 3.32. The van der Waals surface area contributed by atoms with Gasteiger partial charge < -0.3 is 14.4 Å². The summed E-state index contributed by atoms with van der Waals surface area (Å²) in [5.41, 5.74) is 1.93. The van der Waals surface area contributed by atoms with Crippen molar-refractivity contribution in [3.05, 3.63) is 34.9 Å². The van der Waals surface area contributed by atoms with Gasteiger partial charge in [-0.15, -0.1) is 0 Å². The first kappa shape index (κ1) is 18.3. The number of hydrogen-bond donors (Lipinski definition) is 0. The second-order valence-electron chi connectivity index (χ2n) is 7.01. The second kappa shape index (κ2) is 6.53. The SMILES string of the molecule is COCCOc1cc(N2CC3(CC3)c3cnc(Cl)cc32)nc(C(C)(F)F)n1. The smallest absolute Gasteiger partial charge is 0.304 e. The highest BCUT2D eigenvalue weighted by atomic mass is 35.5. The zero-order chi connectivity index (χ0) is 19.2. The van der Waals surface area contributed by atoms with Crippen LogP contribution >= 0.6 is 11.6 Å². The fourth-order valence-corrected chi connectivity index (χ4v) is 3.51. The van der Waals surface area contributed by atoms with Crippen LogP contribution in [0.15, 0.2) is 18.3 Å². The van der Waals surface area contributed by atoms with Gasteiger partial charge in [-0.1, -0.05) is 11.6 Å². The molecule has 0 unspecified atom stereocenters. The predicted octanol–water partition coefficient (Wildman–Crippen LogP) is 3.85. The summed E-state index contributed by atoms with van der Waals surface area (Å²) >= 11 is 6.08. The third-order valence-electron chi connectivity index (χ3n) is 4.92. The number of aromatic nitrogens is 3. The third kappa shape index (κ3) is 3.43. The zero-order valence-electron chi connectivity index (χ0n) is 15.0. The molecule has 2 aromatic heterocycles. The molecular weight excluding hydrogens is 378 g/mol. The average molecular weight is 397 g/mol. The maximum atomic E-state index is 14.0. The van der Waals surface area contributed by atoms with E-state index in [4.69, 9.17) is 21.1 Å². The molecule has 9 heteroatoms. The minimum absolute atomic E-state index is 0.00381. The van der Waals surface area contributed by atoms with Crippen molar-refractivity contribution in [3.8, 4) is 5.88 Å². The molecule has 0 amide bonds. The minimum atomic E-state index is -3.19. The third-order valence-corrected chi connectivity index (χ3v) is 5.13. The van der Waals surface area contributed by atoms with Crippen LogP contribution in [0.1, 0.15) is 31.2 Å². The van der Waals surface area contributed by atoms with Crippen molar-refractivity contribution in [2.24, 2.45) is 0 Å². The number of fused-ring (bicyclic) bond motifs is 2. The lowest BCUT2D eigenvalue weighted by molar-refractivity contribution is 0.00693. The molecule has 1 aliphatic heterocycles. The van der Waals surface area contributed by atoms with Crippen LogP contribution in [-0.4, -0.2) is 41.8 Å². The molecule has 0 bridgehead atoms. The van der Waals surface area contributed by atoms with Gasteiger partial charge in [-0.3, -0.25) is 0 Å². The van der Waals surface area contributed by atoms with Crippen LogP contribution in [0, 0.1) is 0 Å². The first-order chi connectivity index (χ1) is 12.8. The molecule has 0 atom stereocenters. The molecule has 2 aliphatic rings. The lowest BCUT2D eigenvalue weighted by Gasteiger charge is -2.21. The molecule has 1 fully saturated rings. The van der Waals surface area contributed by atoms with Crippen molar-refractivity contribution < 1.29 is 18.3 Å². The van der Waals surface area contributed by atoms with Crippen LogP contribution < -0.4 is 9.64 Å². The van der Waals surface area contributed by atoms with Gasteiger partial charge in [0.1, 0.15) is 17.6 Å². The van der Waals surface area contributed by atoms with E-state index in [1.54, 1.807) is 18.3 Å². The summed E-state index contributed by atoms with van der Waals surface area (Å²) in [6.07, 6.45) is 3.83. The van der Waals surface area contributed by atoms with E-state index in [0.29, 0.717) is 24.1 Å².